The van der Waals surface area contributed by atoms with Gasteiger partial charge < -0.3 is 20.0 Å². The van der Waals surface area contributed by atoms with Crippen molar-refractivity contribution >= 4 is 68.7 Å². The minimum Gasteiger partial charge on any atom is -0.478 e. The molecule has 4 aromatic carbocycles. The number of β-amino-alcohol motifs (C(OH)–C–C–N with tert-alkyl or cyclic N) is 1. The summed E-state index contributed by atoms with van der Waals surface area (Å²) in [5.74, 6) is 0.830. The van der Waals surface area contributed by atoms with Crippen LogP contribution in [0.4, 0.5) is 11.4 Å². The topological polar surface area (TPSA) is 110 Å². The van der Waals surface area contributed by atoms with Crippen molar-refractivity contribution < 1.29 is 15.0 Å². The summed E-state index contributed by atoms with van der Waals surface area (Å²) in [6, 6.07) is 28.6. The lowest BCUT2D eigenvalue weighted by atomic mass is 9.87. The fourth-order valence-corrected chi connectivity index (χ4v) is 12.1. The fourth-order valence-electron chi connectivity index (χ4n) is 10.3. The van der Waals surface area contributed by atoms with E-state index in [-0.39, 0.29) is 6.04 Å². The van der Waals surface area contributed by atoms with Crippen LogP contribution in [-0.2, 0) is 6.42 Å². The van der Waals surface area contributed by atoms with Crippen molar-refractivity contribution in [3.63, 3.8) is 0 Å². The van der Waals surface area contributed by atoms with Gasteiger partial charge in [-0.1, -0.05) is 59.6 Å². The molecule has 0 unspecified atom stereocenters. The molecule has 0 spiro atoms. The predicted octanol–water partition coefficient (Wildman–Crippen LogP) is 10.6. The lowest BCUT2D eigenvalue weighted by Gasteiger charge is -2.44. The number of halogens is 2. The second-order valence-corrected chi connectivity index (χ2v) is 20.2. The van der Waals surface area contributed by atoms with Gasteiger partial charge in [0, 0.05) is 83.2 Å². The zero-order valence-electron chi connectivity index (χ0n) is 37.2. The Hall–Kier alpha value is -5.30. The van der Waals surface area contributed by atoms with Gasteiger partial charge in [0.25, 0.3) is 0 Å². The highest BCUT2D eigenvalue weighted by Crippen LogP contribution is 2.44. The first kappa shape index (κ1) is 43.6. The number of carboxylic acid groups (broad SMARTS) is 1. The van der Waals surface area contributed by atoms with E-state index in [9.17, 15) is 15.0 Å². The molecule has 4 aliphatic rings. The van der Waals surface area contributed by atoms with Crippen molar-refractivity contribution in [2.24, 2.45) is 4.99 Å². The molecule has 2 N–H and O–H groups in total. The van der Waals surface area contributed by atoms with Crippen molar-refractivity contribution in [2.45, 2.75) is 71.4 Å². The Bertz CT molecular complexity index is 2870. The number of piperidine rings is 1. The molecule has 0 radical (unpaired) electrons. The van der Waals surface area contributed by atoms with Gasteiger partial charge in [0.2, 0.25) is 0 Å². The largest absolute Gasteiger partial charge is 0.478 e. The molecule has 13 heteroatoms. The summed E-state index contributed by atoms with van der Waals surface area (Å²) in [5, 5.41) is 32.9. The van der Waals surface area contributed by atoms with Crippen LogP contribution in [0.15, 0.2) is 89.9 Å². The van der Waals surface area contributed by atoms with Crippen molar-refractivity contribution in [2.75, 3.05) is 55.6 Å². The molecule has 0 bridgehead atoms. The van der Waals surface area contributed by atoms with Crippen LogP contribution >= 0.6 is 34.5 Å². The van der Waals surface area contributed by atoms with Gasteiger partial charge in [-0.05, 0) is 147 Å². The number of aliphatic imine (C=N–C) groups is 1. The SMILES string of the molecule is Cc1sc2c(c1C)C(c1ccc(N3CCC(O)(CN4CCN(c5ccc(C6=C(c7ccc(Cl)cc7Cl)CCCc7cc(C(=O)O)ccc76)cc5)CC4)CC3)cc1)=N[C@H](C)c1nnc(C)n1-2. The number of aliphatic hydroxyl groups is 1. The molecule has 2 fully saturated rings. The Balaban J connectivity index is 0.786. The zero-order chi connectivity index (χ0) is 45.1. The van der Waals surface area contributed by atoms with Crippen LogP contribution in [-0.4, -0.2) is 93.0 Å². The monoisotopic (exact) mass is 925 g/mol. The number of hydrogen-bond donors (Lipinski definition) is 2. The van der Waals surface area contributed by atoms with Crippen LogP contribution in [0, 0.1) is 20.8 Å². The lowest BCUT2D eigenvalue weighted by molar-refractivity contribution is -0.0173. The highest BCUT2D eigenvalue weighted by molar-refractivity contribution is 7.15. The lowest BCUT2D eigenvalue weighted by Crippen LogP contribution is -2.55. The van der Waals surface area contributed by atoms with E-state index in [0.717, 1.165) is 138 Å². The summed E-state index contributed by atoms with van der Waals surface area (Å²) in [6.07, 6.45) is 3.89. The van der Waals surface area contributed by atoms with Gasteiger partial charge in [-0.2, -0.15) is 0 Å². The van der Waals surface area contributed by atoms with Crippen molar-refractivity contribution in [1.29, 1.82) is 0 Å². The summed E-state index contributed by atoms with van der Waals surface area (Å²) in [5.41, 5.74) is 12.7. The molecule has 3 aliphatic heterocycles. The maximum atomic E-state index is 11.9. The summed E-state index contributed by atoms with van der Waals surface area (Å²) in [6.45, 7) is 14.2. The number of piperazine rings is 1. The fraction of sp³-hybridized carbons (Fsp3) is 0.346. The van der Waals surface area contributed by atoms with Gasteiger partial charge in [-0.3, -0.25) is 14.5 Å². The minimum atomic E-state index is -0.923. The highest BCUT2D eigenvalue weighted by Gasteiger charge is 2.36. The third-order valence-corrected chi connectivity index (χ3v) is 15.8. The number of rotatable bonds is 8. The first-order valence-electron chi connectivity index (χ1n) is 22.7. The minimum absolute atomic E-state index is 0.122. The molecule has 2 aromatic heterocycles. The normalized spacial score (nSPS) is 18.7. The number of anilines is 2. The van der Waals surface area contributed by atoms with Crippen LogP contribution < -0.4 is 9.80 Å². The summed E-state index contributed by atoms with van der Waals surface area (Å²) in [4.78, 5) is 25.7. The molecule has 0 saturated carbocycles. The number of allylic oxidation sites excluding steroid dienone is 1. The van der Waals surface area contributed by atoms with Gasteiger partial charge in [-0.15, -0.1) is 21.5 Å². The maximum absolute atomic E-state index is 11.9. The van der Waals surface area contributed by atoms with Crippen molar-refractivity contribution in [3.05, 3.63) is 156 Å². The smallest absolute Gasteiger partial charge is 0.335 e. The van der Waals surface area contributed by atoms with E-state index in [1.165, 1.54) is 21.7 Å². The molecule has 10 rings (SSSR count). The number of fused-ring (bicyclic) bond motifs is 4. The number of aromatic carboxylic acids is 1. The van der Waals surface area contributed by atoms with Gasteiger partial charge in [0.1, 0.15) is 16.9 Å². The Morgan fingerprint density at radius 2 is 1.46 bits per heavy atom. The Kier molecular flexibility index (Phi) is 11.7. The second-order valence-electron chi connectivity index (χ2n) is 18.1. The highest BCUT2D eigenvalue weighted by atomic mass is 35.5. The number of benzene rings is 4. The molecular formula is C52H53Cl2N7O3S. The molecule has 10 nitrogen and oxygen atoms in total. The summed E-state index contributed by atoms with van der Waals surface area (Å²) in [7, 11) is 0. The first-order valence-corrected chi connectivity index (χ1v) is 24.2. The molecule has 1 aliphatic carbocycles. The van der Waals surface area contributed by atoms with E-state index in [0.29, 0.717) is 22.2 Å². The van der Waals surface area contributed by atoms with Gasteiger partial charge in [-0.25, -0.2) is 4.79 Å². The zero-order valence-corrected chi connectivity index (χ0v) is 39.6. The second kappa shape index (κ2) is 17.5. The first-order chi connectivity index (χ1) is 31.3. The van der Waals surface area contributed by atoms with Crippen LogP contribution in [0.5, 0.6) is 0 Å². The number of aryl methyl sites for hydroxylation is 3. The third kappa shape index (κ3) is 8.31. The molecule has 334 valence electrons. The average molecular weight is 927 g/mol. The molecule has 0 amide bonds. The van der Waals surface area contributed by atoms with E-state index < -0.39 is 11.6 Å². The maximum Gasteiger partial charge on any atom is 0.335 e. The number of thiophene rings is 1. The van der Waals surface area contributed by atoms with Gasteiger partial charge in [0.05, 0.1) is 16.9 Å². The number of carboxylic acids is 1. The number of hydrogen-bond acceptors (Lipinski definition) is 9. The molecule has 1 atom stereocenters. The van der Waals surface area contributed by atoms with Crippen LogP contribution in [0.3, 0.4) is 0 Å². The van der Waals surface area contributed by atoms with Crippen LogP contribution in [0.25, 0.3) is 16.1 Å². The molecule has 5 heterocycles. The Morgan fingerprint density at radius 1 is 0.800 bits per heavy atom. The third-order valence-electron chi connectivity index (χ3n) is 14.0. The van der Waals surface area contributed by atoms with Gasteiger partial charge in [0.15, 0.2) is 5.82 Å². The van der Waals surface area contributed by atoms with Gasteiger partial charge >= 0.3 is 5.97 Å². The van der Waals surface area contributed by atoms with Crippen molar-refractivity contribution in [1.82, 2.24) is 19.7 Å². The molecule has 65 heavy (non-hydrogen) atoms. The van der Waals surface area contributed by atoms with Crippen LogP contribution in [0.2, 0.25) is 10.0 Å². The number of aromatic nitrogens is 3. The van der Waals surface area contributed by atoms with Crippen LogP contribution in [0.1, 0.15) is 104 Å². The summed E-state index contributed by atoms with van der Waals surface area (Å²) >= 11 is 14.9. The Labute approximate surface area is 394 Å². The molecule has 2 saturated heterocycles. The number of nitrogens with zero attached hydrogens (tertiary/aromatic N) is 7. The molecular weight excluding hydrogens is 874 g/mol. The van der Waals surface area contributed by atoms with E-state index in [4.69, 9.17) is 28.2 Å². The number of carbonyl (C=O) groups is 1. The average Bonchev–Trinajstić information content (AvgIpc) is 3.70. The van der Waals surface area contributed by atoms with E-state index in [1.807, 2.05) is 31.2 Å². The van der Waals surface area contributed by atoms with E-state index in [2.05, 4.69) is 98.8 Å². The standard InChI is InChI=1S/C52H53Cl2N7O3S/c1-31-33(3)65-50-46(31)48(55-32(2)49-57-56-34(4)61(49)50)36-10-16-40(17-11-36)59-22-20-52(64,21-23-59)30-58-24-26-60(27-25-58)41-14-8-35(9-15-41)47-42-18-12-38(51(62)63)28-37(42)6-5-7-44(47)43-19-13-39(53)29-45(43)54/h8-19,28-29,32,64H,5-7,20-27,30H2,1-4H3,(H,62,63)/t32-/m1/s1. The molecule has 6 aromatic rings. The Morgan fingerprint density at radius 3 is 2.14 bits per heavy atom. The quantitative estimate of drug-likeness (QED) is 0.155. The van der Waals surface area contributed by atoms with E-state index in [1.54, 1.807) is 23.5 Å². The van der Waals surface area contributed by atoms with E-state index >= 15 is 0 Å². The van der Waals surface area contributed by atoms with Crippen molar-refractivity contribution in [3.8, 4) is 5.00 Å². The predicted molar refractivity (Wildman–Crippen MR) is 264 cm³/mol. The summed E-state index contributed by atoms with van der Waals surface area (Å²) < 4.78 is 2.18.